The van der Waals surface area contributed by atoms with Gasteiger partial charge in [-0.3, -0.25) is 9.78 Å². The van der Waals surface area contributed by atoms with Crippen molar-refractivity contribution in [2.75, 3.05) is 0 Å². The molecular weight excluding hydrogens is 161 g/mol. The van der Waals surface area contributed by atoms with Crippen molar-refractivity contribution >= 4 is 11.0 Å². The molecule has 0 aliphatic carbocycles. The molecule has 0 aromatic carbocycles. The predicted molar refractivity (Wildman–Crippen MR) is 41.3 cm³/mol. The van der Waals surface area contributed by atoms with Gasteiger partial charge in [-0.1, -0.05) is 0 Å². The van der Waals surface area contributed by atoms with E-state index in [9.17, 15) is 9.18 Å². The summed E-state index contributed by atoms with van der Waals surface area (Å²) in [6.07, 6.45) is 0.807. The van der Waals surface area contributed by atoms with E-state index in [1.54, 1.807) is 23.9 Å². The highest BCUT2D eigenvalue weighted by Crippen LogP contribution is 2.05. The quantitative estimate of drug-likeness (QED) is 0.577. The van der Waals surface area contributed by atoms with Crippen molar-refractivity contribution in [3.8, 4) is 0 Å². The van der Waals surface area contributed by atoms with Gasteiger partial charge in [0.2, 0.25) is 0 Å². The standard InChI is InChI=1S/C7H6FN3O/c1-11-3-2-4-5(11)9-7(8)10-6(4)12/h2-3H,1H3,(H,9,10,12). The Hall–Kier alpha value is -1.65. The summed E-state index contributed by atoms with van der Waals surface area (Å²) in [5.41, 5.74) is -0.0886. The number of halogens is 1. The van der Waals surface area contributed by atoms with Crippen molar-refractivity contribution < 1.29 is 4.39 Å². The van der Waals surface area contributed by atoms with Crippen LogP contribution in [0.25, 0.3) is 11.0 Å². The third-order valence-corrected chi connectivity index (χ3v) is 1.71. The molecule has 0 bridgehead atoms. The molecule has 1 N–H and O–H groups in total. The van der Waals surface area contributed by atoms with Gasteiger partial charge in [-0.25, -0.2) is 0 Å². The topological polar surface area (TPSA) is 50.7 Å². The third-order valence-electron chi connectivity index (χ3n) is 1.71. The van der Waals surface area contributed by atoms with Gasteiger partial charge in [-0.15, -0.1) is 0 Å². The van der Waals surface area contributed by atoms with Crippen molar-refractivity contribution in [3.63, 3.8) is 0 Å². The molecule has 2 rings (SSSR count). The summed E-state index contributed by atoms with van der Waals surface area (Å²) in [5.74, 6) is 0. The van der Waals surface area contributed by atoms with Crippen LogP contribution < -0.4 is 5.56 Å². The second-order valence-corrected chi connectivity index (χ2v) is 2.52. The van der Waals surface area contributed by atoms with E-state index in [4.69, 9.17) is 0 Å². The summed E-state index contributed by atoms with van der Waals surface area (Å²) in [5, 5.41) is 0.402. The molecule has 4 nitrogen and oxygen atoms in total. The zero-order chi connectivity index (χ0) is 8.72. The highest BCUT2D eigenvalue weighted by atomic mass is 19.1. The number of H-pyrrole nitrogens is 1. The van der Waals surface area contributed by atoms with Crippen molar-refractivity contribution in [2.45, 2.75) is 0 Å². The Morgan fingerprint density at radius 3 is 3.17 bits per heavy atom. The number of aromatic amines is 1. The van der Waals surface area contributed by atoms with Crippen LogP contribution >= 0.6 is 0 Å². The number of hydrogen-bond donors (Lipinski definition) is 1. The largest absolute Gasteiger partial charge is 0.335 e. The number of rotatable bonds is 0. The van der Waals surface area contributed by atoms with E-state index in [0.717, 1.165) is 0 Å². The van der Waals surface area contributed by atoms with E-state index < -0.39 is 11.6 Å². The first-order valence-electron chi connectivity index (χ1n) is 3.39. The molecule has 0 spiro atoms. The molecule has 2 aromatic rings. The monoisotopic (exact) mass is 167 g/mol. The van der Waals surface area contributed by atoms with E-state index in [1.807, 2.05) is 4.98 Å². The van der Waals surface area contributed by atoms with E-state index in [-0.39, 0.29) is 0 Å². The van der Waals surface area contributed by atoms with Crippen molar-refractivity contribution in [1.29, 1.82) is 0 Å². The average Bonchev–Trinajstić information content (AvgIpc) is 2.33. The van der Waals surface area contributed by atoms with Crippen LogP contribution in [0.1, 0.15) is 0 Å². The summed E-state index contributed by atoms with van der Waals surface area (Å²) in [6, 6.07) is 1.60. The number of fused-ring (bicyclic) bond motifs is 1. The van der Waals surface area contributed by atoms with Gasteiger partial charge in [0.05, 0.1) is 5.39 Å². The van der Waals surface area contributed by atoms with Crippen LogP contribution in [0.4, 0.5) is 4.39 Å². The first kappa shape index (κ1) is 7.02. The molecule has 0 unspecified atom stereocenters. The summed E-state index contributed by atoms with van der Waals surface area (Å²) in [6.45, 7) is 0. The van der Waals surface area contributed by atoms with Crippen LogP contribution in [0.15, 0.2) is 17.1 Å². The summed E-state index contributed by atoms with van der Waals surface area (Å²) >= 11 is 0. The molecule has 0 aliphatic rings. The Morgan fingerprint density at radius 1 is 1.67 bits per heavy atom. The molecule has 0 fully saturated rings. The minimum Gasteiger partial charge on any atom is -0.335 e. The van der Waals surface area contributed by atoms with Gasteiger partial charge >= 0.3 is 0 Å². The first-order valence-corrected chi connectivity index (χ1v) is 3.39. The Bertz CT molecular complexity index is 485. The molecule has 0 saturated heterocycles. The lowest BCUT2D eigenvalue weighted by Gasteiger charge is -1.93. The van der Waals surface area contributed by atoms with Crippen LogP contribution in [-0.2, 0) is 7.05 Å². The molecule has 62 valence electrons. The van der Waals surface area contributed by atoms with Crippen molar-refractivity contribution in [2.24, 2.45) is 7.05 Å². The van der Waals surface area contributed by atoms with Crippen LogP contribution in [0.2, 0.25) is 0 Å². The fraction of sp³-hybridized carbons (Fsp3) is 0.143. The zero-order valence-electron chi connectivity index (χ0n) is 6.34. The van der Waals surface area contributed by atoms with Crippen molar-refractivity contribution in [3.05, 3.63) is 28.7 Å². The normalized spacial score (nSPS) is 10.8. The summed E-state index contributed by atoms with van der Waals surface area (Å²) in [4.78, 5) is 16.6. The predicted octanol–water partition coefficient (Wildman–Crippen LogP) is 0.401. The lowest BCUT2D eigenvalue weighted by Crippen LogP contribution is -2.10. The Morgan fingerprint density at radius 2 is 2.42 bits per heavy atom. The zero-order valence-corrected chi connectivity index (χ0v) is 6.34. The van der Waals surface area contributed by atoms with Crippen molar-refractivity contribution in [1.82, 2.24) is 14.5 Å². The number of nitrogens with zero attached hydrogens (tertiary/aromatic N) is 2. The van der Waals surface area contributed by atoms with Crippen LogP contribution in [-0.4, -0.2) is 14.5 Å². The maximum atomic E-state index is 12.6. The highest BCUT2D eigenvalue weighted by Gasteiger charge is 2.04. The van der Waals surface area contributed by atoms with Gasteiger partial charge in [0.25, 0.3) is 11.6 Å². The van der Waals surface area contributed by atoms with Gasteiger partial charge in [-0.2, -0.15) is 9.37 Å². The molecule has 0 aliphatic heterocycles. The third kappa shape index (κ3) is 0.827. The molecule has 0 radical (unpaired) electrons. The van der Waals surface area contributed by atoms with Crippen LogP contribution in [0, 0.1) is 6.08 Å². The molecule has 2 heterocycles. The fourth-order valence-electron chi connectivity index (χ4n) is 1.12. The highest BCUT2D eigenvalue weighted by molar-refractivity contribution is 5.74. The number of aromatic nitrogens is 3. The van der Waals surface area contributed by atoms with E-state index in [0.29, 0.717) is 11.0 Å². The average molecular weight is 167 g/mol. The van der Waals surface area contributed by atoms with E-state index in [1.165, 1.54) is 0 Å². The van der Waals surface area contributed by atoms with E-state index >= 15 is 0 Å². The van der Waals surface area contributed by atoms with Gasteiger partial charge < -0.3 is 4.57 Å². The molecule has 0 atom stereocenters. The number of hydrogen-bond acceptors (Lipinski definition) is 2. The van der Waals surface area contributed by atoms with Gasteiger partial charge in [0, 0.05) is 13.2 Å². The SMILES string of the molecule is Cn1ccc2c(=O)[nH]c(F)nc21. The first-order chi connectivity index (χ1) is 5.68. The maximum Gasteiger partial charge on any atom is 0.291 e. The Labute approximate surface area is 66.7 Å². The fourth-order valence-corrected chi connectivity index (χ4v) is 1.12. The maximum absolute atomic E-state index is 12.6. The summed E-state index contributed by atoms with van der Waals surface area (Å²) in [7, 11) is 1.70. The molecular formula is C7H6FN3O. The van der Waals surface area contributed by atoms with Crippen LogP contribution in [0.3, 0.4) is 0 Å². The molecule has 0 amide bonds. The second-order valence-electron chi connectivity index (χ2n) is 2.52. The lowest BCUT2D eigenvalue weighted by atomic mass is 10.4. The molecule has 0 saturated carbocycles. The summed E-state index contributed by atoms with van der Waals surface area (Å²) < 4.78 is 14.2. The number of aryl methyl sites for hydroxylation is 1. The second kappa shape index (κ2) is 2.17. The molecule has 5 heteroatoms. The minimum atomic E-state index is -0.852. The molecule has 2 aromatic heterocycles. The molecule has 12 heavy (non-hydrogen) atoms. The lowest BCUT2D eigenvalue weighted by molar-refractivity contribution is 0.538. The smallest absolute Gasteiger partial charge is 0.291 e. The van der Waals surface area contributed by atoms with Gasteiger partial charge in [0.1, 0.15) is 5.65 Å². The van der Waals surface area contributed by atoms with Gasteiger partial charge in [0.15, 0.2) is 0 Å². The Kier molecular flexibility index (Phi) is 1.27. The van der Waals surface area contributed by atoms with Crippen LogP contribution in [0.5, 0.6) is 0 Å². The minimum absolute atomic E-state index is 0.358. The van der Waals surface area contributed by atoms with E-state index in [2.05, 4.69) is 4.98 Å². The van der Waals surface area contributed by atoms with Gasteiger partial charge in [-0.05, 0) is 6.07 Å². The Balaban J connectivity index is 3.03. The number of nitrogens with one attached hydrogen (secondary N) is 1.